The van der Waals surface area contributed by atoms with Crippen molar-refractivity contribution in [2.45, 2.75) is 27.2 Å². The fraction of sp³-hybridized carbons (Fsp3) is 0.375. The monoisotopic (exact) mass is 334 g/mol. The van der Waals surface area contributed by atoms with Gasteiger partial charge in [0.05, 0.1) is 18.1 Å². The first-order chi connectivity index (χ1) is 10.9. The zero-order valence-electron chi connectivity index (χ0n) is 13.4. The van der Waals surface area contributed by atoms with Gasteiger partial charge in [0.15, 0.2) is 5.15 Å². The molecule has 0 aliphatic rings. The zero-order chi connectivity index (χ0) is 17.0. The van der Waals surface area contributed by atoms with Crippen LogP contribution in [0.4, 0.5) is 5.69 Å². The molecule has 7 heteroatoms. The molecular weight excluding hydrogens is 316 g/mol. The Labute approximate surface area is 140 Å². The number of pyridine rings is 1. The number of aromatic nitrogens is 3. The Balaban J connectivity index is 2.30. The maximum absolute atomic E-state index is 12.6. The van der Waals surface area contributed by atoms with E-state index in [1.54, 1.807) is 41.2 Å². The van der Waals surface area contributed by atoms with Gasteiger partial charge in [-0.3, -0.25) is 9.78 Å². The van der Waals surface area contributed by atoms with Crippen LogP contribution in [0.2, 0.25) is 5.15 Å². The average Bonchev–Trinajstić information content (AvgIpc) is 2.90. The predicted molar refractivity (Wildman–Crippen MR) is 88.9 cm³/mol. The van der Waals surface area contributed by atoms with Crippen molar-refractivity contribution < 1.29 is 9.59 Å². The third-order valence-electron chi connectivity index (χ3n) is 3.45. The Bertz CT molecular complexity index is 699. The van der Waals surface area contributed by atoms with Gasteiger partial charge in [0.2, 0.25) is 5.91 Å². The van der Waals surface area contributed by atoms with Gasteiger partial charge in [-0.05, 0) is 26.0 Å². The van der Waals surface area contributed by atoms with Crippen LogP contribution in [0.5, 0.6) is 0 Å². The van der Waals surface area contributed by atoms with Crippen molar-refractivity contribution in [2.75, 3.05) is 11.4 Å². The molecule has 0 saturated heterocycles. The summed E-state index contributed by atoms with van der Waals surface area (Å²) in [5.74, 6) is -0.556. The van der Waals surface area contributed by atoms with Crippen molar-refractivity contribution in [1.82, 2.24) is 14.8 Å². The number of hydrogen-bond donors (Lipinski definition) is 0. The molecule has 1 amide bonds. The van der Waals surface area contributed by atoms with Gasteiger partial charge in [0, 0.05) is 25.1 Å². The number of ketones is 1. The van der Waals surface area contributed by atoms with Crippen LogP contribution in [0, 0.1) is 5.92 Å². The molecule has 23 heavy (non-hydrogen) atoms. The first kappa shape index (κ1) is 17.1. The lowest BCUT2D eigenvalue weighted by Gasteiger charge is -2.22. The predicted octanol–water partition coefficient (Wildman–Crippen LogP) is 2.89. The summed E-state index contributed by atoms with van der Waals surface area (Å²) in [6.45, 7) is 5.52. The first-order valence-corrected chi connectivity index (χ1v) is 7.78. The molecular formula is C16H19ClN4O2. The summed E-state index contributed by atoms with van der Waals surface area (Å²) >= 11 is 6.21. The average molecular weight is 335 g/mol. The van der Waals surface area contributed by atoms with Gasteiger partial charge in [0.25, 0.3) is 0 Å². The molecule has 1 unspecified atom stereocenters. The van der Waals surface area contributed by atoms with Gasteiger partial charge in [0.1, 0.15) is 11.5 Å². The van der Waals surface area contributed by atoms with Crippen LogP contribution >= 0.6 is 11.6 Å². The van der Waals surface area contributed by atoms with Crippen molar-refractivity contribution >= 4 is 29.0 Å². The number of anilines is 1. The number of hydrogen-bond acceptors (Lipinski definition) is 4. The van der Waals surface area contributed by atoms with Gasteiger partial charge in [-0.25, -0.2) is 4.68 Å². The lowest BCUT2D eigenvalue weighted by Crippen LogP contribution is -2.35. The minimum Gasteiger partial charge on any atom is -0.308 e. The lowest BCUT2D eigenvalue weighted by atomic mass is 10.0. The SMILES string of the molecule is CCN(C(=O)C(C)CC(C)=O)c1cn(-c2cccnc2)nc1Cl. The number of carbonyl (C=O) groups is 2. The molecule has 122 valence electrons. The van der Waals surface area contributed by atoms with E-state index in [2.05, 4.69) is 10.1 Å². The topological polar surface area (TPSA) is 68.1 Å². The molecule has 0 aliphatic carbocycles. The highest BCUT2D eigenvalue weighted by Crippen LogP contribution is 2.27. The van der Waals surface area contributed by atoms with Crippen LogP contribution in [0.3, 0.4) is 0 Å². The van der Waals surface area contributed by atoms with Crippen LogP contribution in [0.25, 0.3) is 5.69 Å². The second-order valence-corrected chi connectivity index (χ2v) is 5.71. The molecule has 0 spiro atoms. The molecule has 2 aromatic heterocycles. The van der Waals surface area contributed by atoms with E-state index in [1.807, 2.05) is 13.0 Å². The molecule has 0 N–H and O–H groups in total. The number of nitrogens with zero attached hydrogens (tertiary/aromatic N) is 4. The number of halogens is 1. The van der Waals surface area contributed by atoms with E-state index in [-0.39, 0.29) is 23.3 Å². The summed E-state index contributed by atoms with van der Waals surface area (Å²) in [6.07, 6.45) is 5.23. The molecule has 1 atom stereocenters. The molecule has 0 saturated carbocycles. The third-order valence-corrected chi connectivity index (χ3v) is 3.72. The number of amides is 1. The Morgan fingerprint density at radius 3 is 2.74 bits per heavy atom. The highest BCUT2D eigenvalue weighted by atomic mass is 35.5. The fourth-order valence-electron chi connectivity index (χ4n) is 2.38. The molecule has 0 aromatic carbocycles. The maximum Gasteiger partial charge on any atom is 0.230 e. The molecule has 0 radical (unpaired) electrons. The quantitative estimate of drug-likeness (QED) is 0.814. The molecule has 2 heterocycles. The van der Waals surface area contributed by atoms with Crippen LogP contribution in [0.1, 0.15) is 27.2 Å². The summed E-state index contributed by atoms with van der Waals surface area (Å²) in [7, 11) is 0. The number of carbonyl (C=O) groups excluding carboxylic acids is 2. The summed E-state index contributed by atoms with van der Waals surface area (Å²) in [4.78, 5) is 29.4. The highest BCUT2D eigenvalue weighted by Gasteiger charge is 2.25. The van der Waals surface area contributed by atoms with E-state index in [9.17, 15) is 9.59 Å². The smallest absolute Gasteiger partial charge is 0.230 e. The van der Waals surface area contributed by atoms with E-state index in [4.69, 9.17) is 11.6 Å². The third kappa shape index (κ3) is 3.96. The normalized spacial score (nSPS) is 12.0. The van der Waals surface area contributed by atoms with Crippen molar-refractivity contribution in [2.24, 2.45) is 5.92 Å². The summed E-state index contributed by atoms with van der Waals surface area (Å²) in [6, 6.07) is 3.64. The maximum atomic E-state index is 12.6. The van der Waals surface area contributed by atoms with Crippen molar-refractivity contribution in [3.8, 4) is 5.69 Å². The van der Waals surface area contributed by atoms with Crippen LogP contribution in [0.15, 0.2) is 30.7 Å². The van der Waals surface area contributed by atoms with Crippen LogP contribution < -0.4 is 4.90 Å². The van der Waals surface area contributed by atoms with E-state index in [0.717, 1.165) is 5.69 Å². The Morgan fingerprint density at radius 1 is 1.43 bits per heavy atom. The van der Waals surface area contributed by atoms with Gasteiger partial charge in [-0.1, -0.05) is 18.5 Å². The number of Topliss-reactive ketones (excluding diaryl/α,β-unsaturated/α-hetero) is 1. The van der Waals surface area contributed by atoms with Gasteiger partial charge >= 0.3 is 0 Å². The largest absolute Gasteiger partial charge is 0.308 e. The van der Waals surface area contributed by atoms with Crippen LogP contribution in [-0.4, -0.2) is 33.0 Å². The highest BCUT2D eigenvalue weighted by molar-refractivity contribution is 6.32. The Kier molecular flexibility index (Phi) is 5.50. The van der Waals surface area contributed by atoms with Gasteiger partial charge in [-0.2, -0.15) is 5.10 Å². The summed E-state index contributed by atoms with van der Waals surface area (Å²) < 4.78 is 1.58. The minimum absolute atomic E-state index is 0.0148. The fourth-order valence-corrected chi connectivity index (χ4v) is 2.61. The van der Waals surface area contributed by atoms with E-state index < -0.39 is 5.92 Å². The minimum atomic E-state index is -0.398. The van der Waals surface area contributed by atoms with E-state index in [1.165, 1.54) is 6.92 Å². The molecule has 0 aliphatic heterocycles. The van der Waals surface area contributed by atoms with Crippen molar-refractivity contribution in [3.63, 3.8) is 0 Å². The van der Waals surface area contributed by atoms with Crippen LogP contribution in [-0.2, 0) is 9.59 Å². The zero-order valence-corrected chi connectivity index (χ0v) is 14.1. The number of rotatable bonds is 6. The Hall–Kier alpha value is -2.21. The second-order valence-electron chi connectivity index (χ2n) is 5.35. The molecule has 2 aromatic rings. The summed E-state index contributed by atoms with van der Waals surface area (Å²) in [5.41, 5.74) is 1.28. The first-order valence-electron chi connectivity index (χ1n) is 7.40. The lowest BCUT2D eigenvalue weighted by molar-refractivity contribution is -0.126. The standard InChI is InChI=1S/C16H19ClN4O2/c1-4-20(16(23)11(2)8-12(3)22)14-10-21(19-15(14)17)13-6-5-7-18-9-13/h5-7,9-11H,4,8H2,1-3H3. The molecule has 2 rings (SSSR count). The van der Waals surface area contributed by atoms with Crippen molar-refractivity contribution in [3.05, 3.63) is 35.9 Å². The second kappa shape index (κ2) is 7.37. The molecule has 0 bridgehead atoms. The Morgan fingerprint density at radius 2 is 2.17 bits per heavy atom. The van der Waals surface area contributed by atoms with Gasteiger partial charge < -0.3 is 9.69 Å². The molecule has 0 fully saturated rings. The summed E-state index contributed by atoms with van der Waals surface area (Å²) in [5, 5.41) is 4.47. The van der Waals surface area contributed by atoms with Gasteiger partial charge in [-0.15, -0.1) is 0 Å². The molecule has 6 nitrogen and oxygen atoms in total. The van der Waals surface area contributed by atoms with Crippen molar-refractivity contribution in [1.29, 1.82) is 0 Å². The van der Waals surface area contributed by atoms with E-state index >= 15 is 0 Å². The van der Waals surface area contributed by atoms with E-state index in [0.29, 0.717) is 12.2 Å².